The first-order valence-electron chi connectivity index (χ1n) is 5.84. The fourth-order valence-electron chi connectivity index (χ4n) is 1.84. The predicted octanol–water partition coefficient (Wildman–Crippen LogP) is 4.55. The Morgan fingerprint density at radius 2 is 1.94 bits per heavy atom. The molecule has 0 saturated heterocycles. The maximum absolute atomic E-state index is 5.78. The van der Waals surface area contributed by atoms with E-state index in [0.29, 0.717) is 17.7 Å². The zero-order valence-electron chi connectivity index (χ0n) is 10.6. The summed E-state index contributed by atoms with van der Waals surface area (Å²) in [6, 6.07) is 6.46. The highest BCUT2D eigenvalue weighted by molar-refractivity contribution is 6.17. The van der Waals surface area contributed by atoms with Crippen molar-refractivity contribution in [1.29, 1.82) is 0 Å². The maximum atomic E-state index is 5.78. The van der Waals surface area contributed by atoms with Crippen LogP contribution in [0.4, 0.5) is 0 Å². The third-order valence-corrected chi connectivity index (χ3v) is 3.21. The van der Waals surface area contributed by atoms with Crippen molar-refractivity contribution in [2.75, 3.05) is 13.0 Å². The Balaban J connectivity index is 3.01. The molecular weight excluding hydrogens is 220 g/mol. The lowest BCUT2D eigenvalue weighted by atomic mass is 9.93. The summed E-state index contributed by atoms with van der Waals surface area (Å²) < 4.78 is 5.38. The Morgan fingerprint density at radius 3 is 2.44 bits per heavy atom. The van der Waals surface area contributed by atoms with Crippen LogP contribution in [-0.2, 0) is 0 Å². The van der Waals surface area contributed by atoms with Crippen molar-refractivity contribution in [3.8, 4) is 5.75 Å². The van der Waals surface area contributed by atoms with E-state index in [0.717, 1.165) is 12.2 Å². The Labute approximate surface area is 104 Å². The molecule has 0 aromatic heterocycles. The van der Waals surface area contributed by atoms with Crippen LogP contribution in [0.15, 0.2) is 18.2 Å². The van der Waals surface area contributed by atoms with Crippen molar-refractivity contribution in [3.63, 3.8) is 0 Å². The van der Waals surface area contributed by atoms with Crippen LogP contribution >= 0.6 is 11.6 Å². The third-order valence-electron chi connectivity index (χ3n) is 2.99. The van der Waals surface area contributed by atoms with Gasteiger partial charge in [-0.25, -0.2) is 0 Å². The molecular formula is C14H21ClO. The van der Waals surface area contributed by atoms with E-state index < -0.39 is 0 Å². The molecule has 0 aliphatic rings. The molecule has 1 unspecified atom stereocenters. The standard InChI is InChI=1S/C14H21ClO/c1-10(2)13-9-12(11(3)7-8-15)5-6-14(13)16-4/h5-6,9-11H,7-8H2,1-4H3. The monoisotopic (exact) mass is 240 g/mol. The van der Waals surface area contributed by atoms with Gasteiger partial charge in [0, 0.05) is 5.88 Å². The third kappa shape index (κ3) is 3.15. The lowest BCUT2D eigenvalue weighted by Gasteiger charge is -2.16. The Bertz CT molecular complexity index is 334. The van der Waals surface area contributed by atoms with E-state index in [4.69, 9.17) is 16.3 Å². The van der Waals surface area contributed by atoms with Gasteiger partial charge >= 0.3 is 0 Å². The topological polar surface area (TPSA) is 9.23 Å². The molecule has 1 aromatic carbocycles. The molecule has 1 nitrogen and oxygen atoms in total. The summed E-state index contributed by atoms with van der Waals surface area (Å²) in [7, 11) is 1.73. The fourth-order valence-corrected chi connectivity index (χ4v) is 2.17. The summed E-state index contributed by atoms with van der Waals surface area (Å²) in [4.78, 5) is 0. The van der Waals surface area contributed by atoms with Gasteiger partial charge in [0.05, 0.1) is 7.11 Å². The van der Waals surface area contributed by atoms with Crippen LogP contribution < -0.4 is 4.74 Å². The summed E-state index contributed by atoms with van der Waals surface area (Å²) in [5.41, 5.74) is 2.63. The second kappa shape index (κ2) is 6.15. The van der Waals surface area contributed by atoms with Gasteiger partial charge in [0.15, 0.2) is 0 Å². The zero-order valence-corrected chi connectivity index (χ0v) is 11.3. The smallest absolute Gasteiger partial charge is 0.122 e. The molecule has 1 aromatic rings. The first-order chi connectivity index (χ1) is 7.60. The van der Waals surface area contributed by atoms with Crippen LogP contribution in [0.2, 0.25) is 0 Å². The fraction of sp³-hybridized carbons (Fsp3) is 0.571. The van der Waals surface area contributed by atoms with Crippen LogP contribution in [-0.4, -0.2) is 13.0 Å². The van der Waals surface area contributed by atoms with Crippen LogP contribution in [0, 0.1) is 0 Å². The zero-order chi connectivity index (χ0) is 12.1. The van der Waals surface area contributed by atoms with Crippen LogP contribution in [0.25, 0.3) is 0 Å². The lowest BCUT2D eigenvalue weighted by molar-refractivity contribution is 0.407. The van der Waals surface area contributed by atoms with Gasteiger partial charge in [-0.15, -0.1) is 11.6 Å². The molecule has 0 saturated carbocycles. The molecule has 0 amide bonds. The average Bonchev–Trinajstić information content (AvgIpc) is 2.28. The highest BCUT2D eigenvalue weighted by Crippen LogP contribution is 2.30. The van der Waals surface area contributed by atoms with E-state index in [1.807, 2.05) is 0 Å². The molecule has 0 aliphatic heterocycles. The van der Waals surface area contributed by atoms with E-state index in [9.17, 15) is 0 Å². The van der Waals surface area contributed by atoms with Gasteiger partial charge in [-0.05, 0) is 35.4 Å². The van der Waals surface area contributed by atoms with Gasteiger partial charge < -0.3 is 4.74 Å². The van der Waals surface area contributed by atoms with Gasteiger partial charge in [0.25, 0.3) is 0 Å². The van der Waals surface area contributed by atoms with Crippen molar-refractivity contribution in [1.82, 2.24) is 0 Å². The number of hydrogen-bond acceptors (Lipinski definition) is 1. The van der Waals surface area contributed by atoms with Crippen molar-refractivity contribution in [2.45, 2.75) is 39.0 Å². The molecule has 90 valence electrons. The van der Waals surface area contributed by atoms with E-state index >= 15 is 0 Å². The minimum atomic E-state index is 0.484. The highest BCUT2D eigenvalue weighted by Gasteiger charge is 2.11. The van der Waals surface area contributed by atoms with E-state index in [-0.39, 0.29) is 0 Å². The molecule has 1 rings (SSSR count). The second-order valence-corrected chi connectivity index (χ2v) is 4.91. The van der Waals surface area contributed by atoms with Crippen molar-refractivity contribution in [3.05, 3.63) is 29.3 Å². The Kier molecular flexibility index (Phi) is 5.14. The minimum Gasteiger partial charge on any atom is -0.496 e. The first kappa shape index (κ1) is 13.4. The number of methoxy groups -OCH3 is 1. The average molecular weight is 241 g/mol. The van der Waals surface area contributed by atoms with Gasteiger partial charge in [-0.1, -0.05) is 32.9 Å². The van der Waals surface area contributed by atoms with E-state index in [2.05, 4.69) is 39.0 Å². The quantitative estimate of drug-likeness (QED) is 0.686. The van der Waals surface area contributed by atoms with Crippen LogP contribution in [0.1, 0.15) is 50.2 Å². The predicted molar refractivity (Wildman–Crippen MR) is 70.8 cm³/mol. The molecule has 0 bridgehead atoms. The molecule has 16 heavy (non-hydrogen) atoms. The van der Waals surface area contributed by atoms with Crippen molar-refractivity contribution < 1.29 is 4.74 Å². The van der Waals surface area contributed by atoms with Crippen LogP contribution in [0.5, 0.6) is 5.75 Å². The number of benzene rings is 1. The van der Waals surface area contributed by atoms with Gasteiger partial charge in [0.1, 0.15) is 5.75 Å². The number of halogens is 1. The Hall–Kier alpha value is -0.690. The molecule has 0 radical (unpaired) electrons. The number of alkyl halides is 1. The van der Waals surface area contributed by atoms with Gasteiger partial charge in [0.2, 0.25) is 0 Å². The van der Waals surface area contributed by atoms with Gasteiger partial charge in [-0.2, -0.15) is 0 Å². The largest absolute Gasteiger partial charge is 0.496 e. The molecule has 0 aliphatic carbocycles. The number of rotatable bonds is 5. The first-order valence-corrected chi connectivity index (χ1v) is 6.37. The summed E-state index contributed by atoms with van der Waals surface area (Å²) in [5.74, 6) is 2.69. The van der Waals surface area contributed by atoms with Crippen LogP contribution in [0.3, 0.4) is 0 Å². The molecule has 0 spiro atoms. The van der Waals surface area contributed by atoms with Crippen molar-refractivity contribution >= 4 is 11.6 Å². The molecule has 2 heteroatoms. The molecule has 0 fully saturated rings. The number of hydrogen-bond donors (Lipinski definition) is 0. The minimum absolute atomic E-state index is 0.484. The second-order valence-electron chi connectivity index (χ2n) is 4.53. The summed E-state index contributed by atoms with van der Waals surface area (Å²) in [5, 5.41) is 0. The SMILES string of the molecule is COc1ccc(C(C)CCCl)cc1C(C)C. The maximum Gasteiger partial charge on any atom is 0.122 e. The van der Waals surface area contributed by atoms with Gasteiger partial charge in [-0.3, -0.25) is 0 Å². The summed E-state index contributed by atoms with van der Waals surface area (Å²) >= 11 is 5.78. The summed E-state index contributed by atoms with van der Waals surface area (Å²) in [6.07, 6.45) is 1.02. The van der Waals surface area contributed by atoms with Crippen molar-refractivity contribution in [2.24, 2.45) is 0 Å². The molecule has 0 heterocycles. The lowest BCUT2D eigenvalue weighted by Crippen LogP contribution is -1.99. The molecule has 0 N–H and O–H groups in total. The molecule has 1 atom stereocenters. The highest BCUT2D eigenvalue weighted by atomic mass is 35.5. The Morgan fingerprint density at radius 1 is 1.25 bits per heavy atom. The van der Waals surface area contributed by atoms with E-state index in [1.165, 1.54) is 11.1 Å². The summed E-state index contributed by atoms with van der Waals surface area (Å²) in [6.45, 7) is 6.59. The van der Waals surface area contributed by atoms with E-state index in [1.54, 1.807) is 7.11 Å². The normalized spacial score (nSPS) is 12.9. The number of ether oxygens (including phenoxy) is 1.